The number of carbonyl (C=O) groups is 1. The maximum atomic E-state index is 13.1. The summed E-state index contributed by atoms with van der Waals surface area (Å²) < 4.78 is 39.3. The second-order valence-corrected chi connectivity index (χ2v) is 10.4. The van der Waals surface area contributed by atoms with Crippen LogP contribution in [0, 0.1) is 5.92 Å². The van der Waals surface area contributed by atoms with E-state index in [1.54, 1.807) is 11.7 Å². The van der Waals surface area contributed by atoms with E-state index in [0.29, 0.717) is 11.6 Å². The van der Waals surface area contributed by atoms with Crippen LogP contribution in [0.1, 0.15) is 42.2 Å². The van der Waals surface area contributed by atoms with Crippen molar-refractivity contribution in [1.82, 2.24) is 25.2 Å². The monoisotopic (exact) mass is 520 g/mol. The van der Waals surface area contributed by atoms with Gasteiger partial charge in [-0.25, -0.2) is 9.97 Å². The predicted octanol–water partition coefficient (Wildman–Crippen LogP) is 3.61. The van der Waals surface area contributed by atoms with Gasteiger partial charge < -0.3 is 15.7 Å². The van der Waals surface area contributed by atoms with Crippen molar-refractivity contribution in [3.63, 3.8) is 0 Å². The molecule has 0 spiro atoms. The van der Waals surface area contributed by atoms with Crippen LogP contribution in [0.2, 0.25) is 0 Å². The molecule has 12 heteroatoms. The highest BCUT2D eigenvalue weighted by Gasteiger charge is 2.37. The number of halogens is 3. The van der Waals surface area contributed by atoms with Gasteiger partial charge in [-0.15, -0.1) is 11.3 Å². The fourth-order valence-electron chi connectivity index (χ4n) is 5.11. The third-order valence-corrected chi connectivity index (χ3v) is 7.95. The van der Waals surface area contributed by atoms with Gasteiger partial charge in [0, 0.05) is 30.7 Å². The van der Waals surface area contributed by atoms with E-state index in [9.17, 15) is 23.1 Å². The third-order valence-electron chi connectivity index (χ3n) is 7.10. The van der Waals surface area contributed by atoms with Gasteiger partial charge in [0.1, 0.15) is 12.1 Å². The smallest absolute Gasteiger partial charge is 0.387 e. The van der Waals surface area contributed by atoms with Crippen LogP contribution in [0.15, 0.2) is 36.2 Å². The predicted molar refractivity (Wildman–Crippen MR) is 129 cm³/mol. The number of rotatable bonds is 7. The number of anilines is 1. The molecular formula is C24H27F3N6O2S. The first-order valence-corrected chi connectivity index (χ1v) is 12.8. The van der Waals surface area contributed by atoms with Crippen molar-refractivity contribution < 1.29 is 23.1 Å². The van der Waals surface area contributed by atoms with Crippen molar-refractivity contribution in [2.24, 2.45) is 5.92 Å². The first-order valence-electron chi connectivity index (χ1n) is 11.9. The van der Waals surface area contributed by atoms with Crippen LogP contribution in [0.25, 0.3) is 10.9 Å². The number of amides is 1. The molecule has 0 radical (unpaired) electrons. The molecule has 1 aromatic carbocycles. The number of likely N-dealkylation sites (tertiary alicyclic amines) is 1. The second kappa shape index (κ2) is 10.3. The molecule has 8 nitrogen and oxygen atoms in total. The van der Waals surface area contributed by atoms with Gasteiger partial charge in [-0.3, -0.25) is 14.7 Å². The zero-order valence-corrected chi connectivity index (χ0v) is 20.2. The molecule has 192 valence electrons. The SMILES string of the molecule is O=C(CNc1ncnc2ccc(C(F)(F)F)cc12)NC1CN([C@H]2CC[C@@H](C(O)c3cncs3)CC2)C1. The molecule has 1 atom stereocenters. The summed E-state index contributed by atoms with van der Waals surface area (Å²) in [6, 6.07) is 3.76. The number of aliphatic hydroxyl groups is 1. The molecule has 1 saturated carbocycles. The first kappa shape index (κ1) is 24.8. The van der Waals surface area contributed by atoms with Crippen molar-refractivity contribution >= 4 is 34.0 Å². The lowest BCUT2D eigenvalue weighted by Crippen LogP contribution is -2.63. The Morgan fingerprint density at radius 1 is 1.19 bits per heavy atom. The first-order chi connectivity index (χ1) is 17.3. The zero-order chi connectivity index (χ0) is 25.3. The number of nitrogens with one attached hydrogen (secondary N) is 2. The van der Waals surface area contributed by atoms with Gasteiger partial charge in [-0.2, -0.15) is 13.2 Å². The highest BCUT2D eigenvalue weighted by Crippen LogP contribution is 2.38. The molecule has 5 rings (SSSR count). The van der Waals surface area contributed by atoms with Crippen molar-refractivity contribution in [3.8, 4) is 0 Å². The van der Waals surface area contributed by atoms with E-state index in [2.05, 4.69) is 30.5 Å². The van der Waals surface area contributed by atoms with Gasteiger partial charge >= 0.3 is 6.18 Å². The summed E-state index contributed by atoms with van der Waals surface area (Å²) in [5.41, 5.74) is 1.32. The minimum Gasteiger partial charge on any atom is -0.387 e. The summed E-state index contributed by atoms with van der Waals surface area (Å²) in [6.45, 7) is 1.44. The van der Waals surface area contributed by atoms with E-state index >= 15 is 0 Å². The van der Waals surface area contributed by atoms with Crippen molar-refractivity contribution in [1.29, 1.82) is 0 Å². The standard InChI is InChI=1S/C24H27F3N6O2S/c25-24(26,27)15-3-6-19-18(7-15)23(31-12-30-19)29-9-21(34)32-16-10-33(11-16)17-4-1-14(2-5-17)22(35)20-8-28-13-36-20/h3,6-8,12-14,16-17,22,35H,1-2,4-5,9-11H2,(H,32,34)(H,29,30,31)/t14-,17+,22?. The minimum absolute atomic E-state index is 0.0405. The van der Waals surface area contributed by atoms with Gasteiger partial charge in [0.15, 0.2) is 0 Å². The Morgan fingerprint density at radius 2 is 1.97 bits per heavy atom. The summed E-state index contributed by atoms with van der Waals surface area (Å²) in [5.74, 6) is 0.207. The third kappa shape index (κ3) is 5.45. The number of aliphatic hydroxyl groups excluding tert-OH is 1. The molecule has 36 heavy (non-hydrogen) atoms. The summed E-state index contributed by atoms with van der Waals surface area (Å²) >= 11 is 1.49. The fourth-order valence-corrected chi connectivity index (χ4v) is 5.80. The molecule has 2 aromatic heterocycles. The number of benzene rings is 1. The number of nitrogens with zero attached hydrogens (tertiary/aromatic N) is 4. The molecular weight excluding hydrogens is 493 g/mol. The highest BCUT2D eigenvalue weighted by atomic mass is 32.1. The molecule has 2 fully saturated rings. The van der Waals surface area contributed by atoms with Crippen LogP contribution >= 0.6 is 11.3 Å². The van der Waals surface area contributed by atoms with E-state index < -0.39 is 17.8 Å². The van der Waals surface area contributed by atoms with Gasteiger partial charge in [-0.1, -0.05) is 0 Å². The fraction of sp³-hybridized carbons (Fsp3) is 0.500. The number of carbonyl (C=O) groups excluding carboxylic acids is 1. The molecule has 1 unspecified atom stereocenters. The van der Waals surface area contributed by atoms with Crippen molar-refractivity contribution in [2.45, 2.75) is 50.0 Å². The molecule has 0 bridgehead atoms. The Hall–Kier alpha value is -2.83. The van der Waals surface area contributed by atoms with Crippen LogP contribution in [-0.4, -0.2) is 62.6 Å². The van der Waals surface area contributed by atoms with Crippen LogP contribution in [0.5, 0.6) is 0 Å². The van der Waals surface area contributed by atoms with E-state index in [4.69, 9.17) is 0 Å². The Bertz CT molecular complexity index is 1190. The molecule has 3 heterocycles. The minimum atomic E-state index is -4.48. The molecule has 2 aliphatic rings. The number of hydrogen-bond acceptors (Lipinski definition) is 8. The number of hydrogen-bond donors (Lipinski definition) is 3. The van der Waals surface area contributed by atoms with Crippen molar-refractivity contribution in [3.05, 3.63) is 46.7 Å². The zero-order valence-electron chi connectivity index (χ0n) is 19.4. The summed E-state index contributed by atoms with van der Waals surface area (Å²) in [7, 11) is 0. The summed E-state index contributed by atoms with van der Waals surface area (Å²) in [6.07, 6.45) is 2.04. The number of fused-ring (bicyclic) bond motifs is 1. The van der Waals surface area contributed by atoms with Gasteiger partial charge in [-0.05, 0) is 49.8 Å². The Balaban J connectivity index is 1.07. The summed E-state index contributed by atoms with van der Waals surface area (Å²) in [4.78, 5) is 27.8. The molecule has 1 aliphatic carbocycles. The number of aromatic nitrogens is 3. The van der Waals surface area contributed by atoms with Crippen LogP contribution < -0.4 is 10.6 Å². The van der Waals surface area contributed by atoms with E-state index in [1.165, 1.54) is 23.7 Å². The van der Waals surface area contributed by atoms with E-state index in [0.717, 1.165) is 55.8 Å². The number of thiazole rings is 1. The Morgan fingerprint density at radius 3 is 2.67 bits per heavy atom. The highest BCUT2D eigenvalue weighted by molar-refractivity contribution is 7.09. The summed E-state index contributed by atoms with van der Waals surface area (Å²) in [5, 5.41) is 16.6. The number of alkyl halides is 3. The maximum absolute atomic E-state index is 13.1. The lowest BCUT2D eigenvalue weighted by atomic mass is 9.81. The maximum Gasteiger partial charge on any atom is 0.416 e. The molecule has 3 N–H and O–H groups in total. The normalized spacial score (nSPS) is 22.2. The Labute approximate surface area is 210 Å². The van der Waals surface area contributed by atoms with E-state index in [-0.39, 0.29) is 35.6 Å². The molecule has 3 aromatic rings. The molecule has 1 saturated heterocycles. The van der Waals surface area contributed by atoms with Gasteiger partial charge in [0.05, 0.1) is 40.2 Å². The van der Waals surface area contributed by atoms with E-state index in [1.807, 2.05) is 0 Å². The van der Waals surface area contributed by atoms with Gasteiger partial charge in [0.2, 0.25) is 5.91 Å². The lowest BCUT2D eigenvalue weighted by molar-refractivity contribution is -0.137. The largest absolute Gasteiger partial charge is 0.416 e. The molecule has 1 amide bonds. The second-order valence-electron chi connectivity index (χ2n) is 9.44. The van der Waals surface area contributed by atoms with Gasteiger partial charge in [0.25, 0.3) is 0 Å². The van der Waals surface area contributed by atoms with Crippen molar-refractivity contribution in [2.75, 3.05) is 25.0 Å². The molecule has 1 aliphatic heterocycles. The van der Waals surface area contributed by atoms with Crippen LogP contribution in [0.3, 0.4) is 0 Å². The lowest BCUT2D eigenvalue weighted by Gasteiger charge is -2.47. The van der Waals surface area contributed by atoms with Crippen LogP contribution in [-0.2, 0) is 11.0 Å². The average molecular weight is 521 g/mol. The van der Waals surface area contributed by atoms with Crippen LogP contribution in [0.4, 0.5) is 19.0 Å². The quantitative estimate of drug-likeness (QED) is 0.437. The average Bonchev–Trinajstić information content (AvgIpc) is 3.38. The topological polar surface area (TPSA) is 103 Å². The Kier molecular flexibility index (Phi) is 7.09.